The standard InChI is InChI=1S/C24H25N5O3/c1-5-17-7-6-8-18(13-17)27-24-19-14-21(28-23(30)9-10-29(2)3)22(32-12-11-31-4)15-20(19)25-16-26-24/h1,6-10,13-16H,11-12H2,2-4H3,(H,28,30)(H,25,26,27)/b10-9+. The summed E-state index contributed by atoms with van der Waals surface area (Å²) in [4.78, 5) is 22.9. The third-order valence-corrected chi connectivity index (χ3v) is 4.36. The van der Waals surface area contributed by atoms with Crippen LogP contribution in [0.25, 0.3) is 10.9 Å². The van der Waals surface area contributed by atoms with E-state index in [4.69, 9.17) is 15.9 Å². The van der Waals surface area contributed by atoms with Crippen molar-refractivity contribution in [1.29, 1.82) is 0 Å². The van der Waals surface area contributed by atoms with Gasteiger partial charge in [-0.05, 0) is 24.3 Å². The van der Waals surface area contributed by atoms with Crippen LogP contribution in [0.15, 0.2) is 55.0 Å². The molecule has 32 heavy (non-hydrogen) atoms. The van der Waals surface area contributed by atoms with Crippen molar-refractivity contribution < 1.29 is 14.3 Å². The first kappa shape index (κ1) is 22.6. The molecule has 0 aliphatic heterocycles. The van der Waals surface area contributed by atoms with Crippen LogP contribution in [0.5, 0.6) is 5.75 Å². The van der Waals surface area contributed by atoms with Gasteiger partial charge in [0.05, 0.1) is 17.8 Å². The van der Waals surface area contributed by atoms with Gasteiger partial charge in [0.1, 0.15) is 24.5 Å². The van der Waals surface area contributed by atoms with Crippen LogP contribution >= 0.6 is 0 Å². The van der Waals surface area contributed by atoms with Crippen LogP contribution in [0.2, 0.25) is 0 Å². The first-order valence-corrected chi connectivity index (χ1v) is 9.90. The summed E-state index contributed by atoms with van der Waals surface area (Å²) in [6.07, 6.45) is 10.1. The van der Waals surface area contributed by atoms with Gasteiger partial charge >= 0.3 is 0 Å². The van der Waals surface area contributed by atoms with Gasteiger partial charge in [0.25, 0.3) is 0 Å². The van der Waals surface area contributed by atoms with Crippen molar-refractivity contribution in [2.24, 2.45) is 0 Å². The quantitative estimate of drug-likeness (QED) is 0.305. The smallest absolute Gasteiger partial charge is 0.249 e. The Bertz CT molecular complexity index is 1170. The molecule has 8 nitrogen and oxygen atoms in total. The number of amides is 1. The highest BCUT2D eigenvalue weighted by molar-refractivity contribution is 6.03. The predicted molar refractivity (Wildman–Crippen MR) is 126 cm³/mol. The van der Waals surface area contributed by atoms with Crippen LogP contribution in [-0.2, 0) is 9.53 Å². The average molecular weight is 431 g/mol. The minimum Gasteiger partial charge on any atom is -0.489 e. The molecular weight excluding hydrogens is 406 g/mol. The Balaban J connectivity index is 1.99. The summed E-state index contributed by atoms with van der Waals surface area (Å²) in [7, 11) is 5.27. The molecule has 1 amide bonds. The van der Waals surface area contributed by atoms with Gasteiger partial charge in [-0.15, -0.1) is 6.42 Å². The molecule has 0 atom stereocenters. The van der Waals surface area contributed by atoms with E-state index in [9.17, 15) is 4.79 Å². The molecule has 1 aromatic heterocycles. The monoisotopic (exact) mass is 431 g/mol. The number of terminal acetylenes is 1. The van der Waals surface area contributed by atoms with Crippen molar-refractivity contribution in [3.63, 3.8) is 0 Å². The van der Waals surface area contributed by atoms with E-state index in [1.165, 1.54) is 12.4 Å². The molecule has 0 spiro atoms. The fraction of sp³-hybridized carbons (Fsp3) is 0.208. The van der Waals surface area contributed by atoms with Crippen molar-refractivity contribution in [2.45, 2.75) is 0 Å². The van der Waals surface area contributed by atoms with Crippen molar-refractivity contribution in [2.75, 3.05) is 45.1 Å². The lowest BCUT2D eigenvalue weighted by Gasteiger charge is -2.15. The molecule has 0 radical (unpaired) electrons. The van der Waals surface area contributed by atoms with Crippen LogP contribution < -0.4 is 15.4 Å². The van der Waals surface area contributed by atoms with E-state index in [-0.39, 0.29) is 5.91 Å². The normalized spacial score (nSPS) is 10.7. The molecule has 0 aliphatic rings. The average Bonchev–Trinajstić information content (AvgIpc) is 2.78. The fourth-order valence-corrected chi connectivity index (χ4v) is 2.85. The molecule has 3 aromatic rings. The second kappa shape index (κ2) is 10.8. The zero-order chi connectivity index (χ0) is 22.9. The highest BCUT2D eigenvalue weighted by atomic mass is 16.5. The summed E-state index contributed by atoms with van der Waals surface area (Å²) in [6, 6.07) is 11.0. The number of aromatic nitrogens is 2. The van der Waals surface area contributed by atoms with Crippen LogP contribution in [0, 0.1) is 12.3 Å². The van der Waals surface area contributed by atoms with Gasteiger partial charge in [0.2, 0.25) is 5.91 Å². The maximum Gasteiger partial charge on any atom is 0.249 e. The molecule has 3 rings (SSSR count). The fourth-order valence-electron chi connectivity index (χ4n) is 2.85. The Labute approximate surface area is 187 Å². The van der Waals surface area contributed by atoms with Gasteiger partial charge in [-0.2, -0.15) is 0 Å². The topological polar surface area (TPSA) is 88.6 Å². The SMILES string of the molecule is C#Cc1cccc(Nc2ncnc3cc(OCCOC)c(NC(=O)/C=C/N(C)C)cc23)c1. The third-order valence-electron chi connectivity index (χ3n) is 4.36. The Morgan fingerprint density at radius 1 is 1.22 bits per heavy atom. The highest BCUT2D eigenvalue weighted by Gasteiger charge is 2.13. The van der Waals surface area contributed by atoms with Crippen LogP contribution in [-0.4, -0.2) is 55.2 Å². The Morgan fingerprint density at radius 2 is 2.06 bits per heavy atom. The molecule has 0 fully saturated rings. The van der Waals surface area contributed by atoms with E-state index >= 15 is 0 Å². The second-order valence-corrected chi connectivity index (χ2v) is 7.05. The molecule has 0 saturated carbocycles. The summed E-state index contributed by atoms with van der Waals surface area (Å²) in [5, 5.41) is 6.85. The molecule has 2 aromatic carbocycles. The van der Waals surface area contributed by atoms with Crippen LogP contribution in [0.1, 0.15) is 5.56 Å². The lowest BCUT2D eigenvalue weighted by Crippen LogP contribution is -2.13. The molecule has 0 unspecified atom stereocenters. The molecule has 2 N–H and O–H groups in total. The lowest BCUT2D eigenvalue weighted by molar-refractivity contribution is -0.112. The number of hydrogen-bond donors (Lipinski definition) is 2. The van der Waals surface area contributed by atoms with Crippen molar-refractivity contribution in [3.8, 4) is 18.1 Å². The number of nitrogens with one attached hydrogen (secondary N) is 2. The zero-order valence-corrected chi connectivity index (χ0v) is 18.3. The van der Waals surface area contributed by atoms with Gasteiger partial charge in [0.15, 0.2) is 0 Å². The highest BCUT2D eigenvalue weighted by Crippen LogP contribution is 2.33. The minimum atomic E-state index is -0.289. The van der Waals surface area contributed by atoms with Gasteiger partial charge in [-0.25, -0.2) is 9.97 Å². The van der Waals surface area contributed by atoms with E-state index in [0.29, 0.717) is 41.4 Å². The Morgan fingerprint density at radius 3 is 2.81 bits per heavy atom. The maximum atomic E-state index is 12.4. The Hall–Kier alpha value is -4.09. The zero-order valence-electron chi connectivity index (χ0n) is 18.3. The number of methoxy groups -OCH3 is 1. The van der Waals surface area contributed by atoms with Gasteiger partial charge in [-0.3, -0.25) is 4.79 Å². The minimum absolute atomic E-state index is 0.289. The van der Waals surface area contributed by atoms with Gasteiger partial charge < -0.3 is 25.0 Å². The molecule has 0 aliphatic carbocycles. The number of benzene rings is 2. The van der Waals surface area contributed by atoms with Gasteiger partial charge in [-0.1, -0.05) is 12.0 Å². The molecule has 8 heteroatoms. The van der Waals surface area contributed by atoms with E-state index in [0.717, 1.165) is 11.3 Å². The lowest BCUT2D eigenvalue weighted by atomic mass is 10.1. The first-order chi connectivity index (χ1) is 15.5. The molecule has 1 heterocycles. The Kier molecular flexibility index (Phi) is 7.62. The number of carbonyl (C=O) groups is 1. The van der Waals surface area contributed by atoms with E-state index < -0.39 is 0 Å². The number of nitrogens with zero attached hydrogens (tertiary/aromatic N) is 3. The number of anilines is 3. The molecule has 164 valence electrons. The van der Waals surface area contributed by atoms with Gasteiger partial charge in [0, 0.05) is 56.2 Å². The van der Waals surface area contributed by atoms with E-state index in [1.807, 2.05) is 38.4 Å². The number of ether oxygens (including phenoxy) is 2. The van der Waals surface area contributed by atoms with Crippen molar-refractivity contribution in [3.05, 3.63) is 60.6 Å². The number of carbonyl (C=O) groups excluding carboxylic acids is 1. The van der Waals surface area contributed by atoms with E-state index in [1.54, 1.807) is 30.3 Å². The molecular formula is C24H25N5O3. The summed E-state index contributed by atoms with van der Waals surface area (Å²) in [6.45, 7) is 0.738. The molecule has 0 saturated heterocycles. The number of rotatable bonds is 9. The first-order valence-electron chi connectivity index (χ1n) is 9.90. The van der Waals surface area contributed by atoms with Crippen LogP contribution in [0.4, 0.5) is 17.2 Å². The largest absolute Gasteiger partial charge is 0.489 e. The second-order valence-electron chi connectivity index (χ2n) is 7.05. The van der Waals surface area contributed by atoms with Crippen molar-refractivity contribution >= 4 is 34.0 Å². The summed E-state index contributed by atoms with van der Waals surface area (Å²) in [5.74, 6) is 3.39. The third kappa shape index (κ3) is 5.97. The number of fused-ring (bicyclic) bond motifs is 1. The number of hydrogen-bond acceptors (Lipinski definition) is 7. The summed E-state index contributed by atoms with van der Waals surface area (Å²) < 4.78 is 10.9. The van der Waals surface area contributed by atoms with Crippen molar-refractivity contribution in [1.82, 2.24) is 14.9 Å². The maximum absolute atomic E-state index is 12.4. The predicted octanol–water partition coefficient (Wildman–Crippen LogP) is 3.39. The summed E-state index contributed by atoms with van der Waals surface area (Å²) in [5.41, 5.74) is 2.70. The van der Waals surface area contributed by atoms with E-state index in [2.05, 4.69) is 26.5 Å². The summed E-state index contributed by atoms with van der Waals surface area (Å²) >= 11 is 0. The molecule has 0 bridgehead atoms. The van der Waals surface area contributed by atoms with Crippen LogP contribution in [0.3, 0.4) is 0 Å².